The van der Waals surface area contributed by atoms with Crippen LogP contribution in [-0.4, -0.2) is 29.8 Å². The van der Waals surface area contributed by atoms with Gasteiger partial charge in [0.05, 0.1) is 23.3 Å². The van der Waals surface area contributed by atoms with Crippen molar-refractivity contribution in [2.45, 2.75) is 32.0 Å². The van der Waals surface area contributed by atoms with Gasteiger partial charge in [-0.3, -0.25) is 4.98 Å². The molecule has 2 atom stereocenters. The van der Waals surface area contributed by atoms with Crippen molar-refractivity contribution in [3.63, 3.8) is 0 Å². The first-order valence-electron chi connectivity index (χ1n) is 6.90. The zero-order valence-corrected chi connectivity index (χ0v) is 11.4. The van der Waals surface area contributed by atoms with Crippen LogP contribution in [0.2, 0.25) is 0 Å². The summed E-state index contributed by atoms with van der Waals surface area (Å²) in [6.45, 7) is 2.36. The van der Waals surface area contributed by atoms with E-state index in [1.807, 2.05) is 31.2 Å². The first-order chi connectivity index (χ1) is 9.74. The monoisotopic (exact) mass is 271 g/mol. The summed E-state index contributed by atoms with van der Waals surface area (Å²) < 4.78 is 11.0. The smallest absolute Gasteiger partial charge is 0.338 e. The van der Waals surface area contributed by atoms with E-state index in [2.05, 4.69) is 4.98 Å². The van der Waals surface area contributed by atoms with Crippen molar-refractivity contribution in [3.05, 3.63) is 42.1 Å². The molecule has 0 unspecified atom stereocenters. The number of carbonyl (C=O) groups is 1. The number of benzene rings is 1. The molecule has 1 aromatic heterocycles. The van der Waals surface area contributed by atoms with Gasteiger partial charge in [-0.25, -0.2) is 4.79 Å². The fourth-order valence-corrected chi connectivity index (χ4v) is 2.54. The van der Waals surface area contributed by atoms with Crippen molar-refractivity contribution < 1.29 is 14.3 Å². The minimum Gasteiger partial charge on any atom is -0.459 e. The fraction of sp³-hybridized carbons (Fsp3) is 0.375. The van der Waals surface area contributed by atoms with E-state index < -0.39 is 0 Å². The molecule has 2 aromatic rings. The molecule has 0 aliphatic carbocycles. The maximum absolute atomic E-state index is 12.2. The molecule has 2 heterocycles. The molecule has 1 saturated heterocycles. The van der Waals surface area contributed by atoms with Gasteiger partial charge < -0.3 is 9.47 Å². The van der Waals surface area contributed by atoms with Crippen molar-refractivity contribution in [2.75, 3.05) is 6.61 Å². The Balaban J connectivity index is 1.72. The van der Waals surface area contributed by atoms with Crippen LogP contribution in [0.5, 0.6) is 0 Å². The highest BCUT2D eigenvalue weighted by Crippen LogP contribution is 2.21. The molecule has 0 spiro atoms. The summed E-state index contributed by atoms with van der Waals surface area (Å²) in [6, 6.07) is 9.17. The van der Waals surface area contributed by atoms with Gasteiger partial charge in [0.25, 0.3) is 0 Å². The molecule has 20 heavy (non-hydrogen) atoms. The molecule has 0 saturated carbocycles. The Morgan fingerprint density at radius 1 is 1.35 bits per heavy atom. The van der Waals surface area contributed by atoms with Crippen molar-refractivity contribution in [2.24, 2.45) is 0 Å². The SMILES string of the molecule is C[C@H]1CC[C@@H](COC(=O)c2cccc3ncccc23)O1. The highest BCUT2D eigenvalue weighted by molar-refractivity contribution is 6.03. The Morgan fingerprint density at radius 2 is 2.25 bits per heavy atom. The molecule has 1 fully saturated rings. The quantitative estimate of drug-likeness (QED) is 0.805. The van der Waals surface area contributed by atoms with E-state index in [1.54, 1.807) is 12.3 Å². The van der Waals surface area contributed by atoms with Gasteiger partial charge in [0.2, 0.25) is 0 Å². The maximum atomic E-state index is 12.2. The Labute approximate surface area is 117 Å². The average Bonchev–Trinajstić information content (AvgIpc) is 2.90. The number of pyridine rings is 1. The predicted octanol–water partition coefficient (Wildman–Crippen LogP) is 2.96. The van der Waals surface area contributed by atoms with Crippen LogP contribution in [0.15, 0.2) is 36.5 Å². The molecule has 104 valence electrons. The van der Waals surface area contributed by atoms with E-state index in [9.17, 15) is 4.79 Å². The third-order valence-corrected chi connectivity index (χ3v) is 3.59. The molecule has 0 bridgehead atoms. The molecule has 4 heteroatoms. The first kappa shape index (κ1) is 13.1. The molecule has 1 aliphatic heterocycles. The number of nitrogens with zero attached hydrogens (tertiary/aromatic N) is 1. The van der Waals surface area contributed by atoms with Crippen LogP contribution in [0.3, 0.4) is 0 Å². The van der Waals surface area contributed by atoms with Crippen molar-refractivity contribution in [1.82, 2.24) is 4.98 Å². The van der Waals surface area contributed by atoms with Gasteiger partial charge in [-0.05, 0) is 38.0 Å². The number of hydrogen-bond acceptors (Lipinski definition) is 4. The minimum atomic E-state index is -0.313. The molecule has 4 nitrogen and oxygen atoms in total. The number of hydrogen-bond donors (Lipinski definition) is 0. The zero-order chi connectivity index (χ0) is 13.9. The van der Waals surface area contributed by atoms with Crippen LogP contribution < -0.4 is 0 Å². The van der Waals surface area contributed by atoms with Crippen LogP contribution in [0, 0.1) is 0 Å². The van der Waals surface area contributed by atoms with Gasteiger partial charge >= 0.3 is 5.97 Å². The van der Waals surface area contributed by atoms with Crippen LogP contribution in [0.25, 0.3) is 10.9 Å². The van der Waals surface area contributed by atoms with Crippen LogP contribution in [0.1, 0.15) is 30.1 Å². The van der Waals surface area contributed by atoms with E-state index in [4.69, 9.17) is 9.47 Å². The van der Waals surface area contributed by atoms with Gasteiger partial charge in [-0.1, -0.05) is 12.1 Å². The number of fused-ring (bicyclic) bond motifs is 1. The lowest BCUT2D eigenvalue weighted by Gasteiger charge is -2.12. The fourth-order valence-electron chi connectivity index (χ4n) is 2.54. The number of ether oxygens (including phenoxy) is 2. The number of aromatic nitrogens is 1. The highest BCUT2D eigenvalue weighted by Gasteiger charge is 2.23. The van der Waals surface area contributed by atoms with Crippen LogP contribution >= 0.6 is 0 Å². The Kier molecular flexibility index (Phi) is 3.65. The minimum absolute atomic E-state index is 0.0297. The van der Waals surface area contributed by atoms with Crippen molar-refractivity contribution in [3.8, 4) is 0 Å². The average molecular weight is 271 g/mol. The van der Waals surface area contributed by atoms with Crippen LogP contribution in [-0.2, 0) is 9.47 Å². The van der Waals surface area contributed by atoms with E-state index >= 15 is 0 Å². The second-order valence-electron chi connectivity index (χ2n) is 5.12. The molecular weight excluding hydrogens is 254 g/mol. The second-order valence-corrected chi connectivity index (χ2v) is 5.12. The van der Waals surface area contributed by atoms with Gasteiger partial charge in [-0.15, -0.1) is 0 Å². The summed E-state index contributed by atoms with van der Waals surface area (Å²) in [5, 5.41) is 0.820. The zero-order valence-electron chi connectivity index (χ0n) is 11.4. The highest BCUT2D eigenvalue weighted by atomic mass is 16.6. The lowest BCUT2D eigenvalue weighted by molar-refractivity contribution is -0.00254. The summed E-state index contributed by atoms with van der Waals surface area (Å²) in [5.74, 6) is -0.313. The number of carbonyl (C=O) groups excluding carboxylic acids is 1. The second kappa shape index (κ2) is 5.59. The van der Waals surface area contributed by atoms with Gasteiger partial charge in [0, 0.05) is 11.6 Å². The molecule has 1 aliphatic rings. The maximum Gasteiger partial charge on any atom is 0.338 e. The Morgan fingerprint density at radius 3 is 3.05 bits per heavy atom. The van der Waals surface area contributed by atoms with Gasteiger partial charge in [0.1, 0.15) is 6.61 Å². The summed E-state index contributed by atoms with van der Waals surface area (Å²) in [7, 11) is 0. The topological polar surface area (TPSA) is 48.4 Å². The van der Waals surface area contributed by atoms with E-state index in [0.29, 0.717) is 12.2 Å². The first-order valence-corrected chi connectivity index (χ1v) is 6.90. The molecule has 3 rings (SSSR count). The van der Waals surface area contributed by atoms with Crippen molar-refractivity contribution >= 4 is 16.9 Å². The molecule has 0 amide bonds. The lowest BCUT2D eigenvalue weighted by Crippen LogP contribution is -2.19. The van der Waals surface area contributed by atoms with Crippen molar-refractivity contribution in [1.29, 1.82) is 0 Å². The van der Waals surface area contributed by atoms with Gasteiger partial charge in [0.15, 0.2) is 0 Å². The number of esters is 1. The summed E-state index contributed by atoms with van der Waals surface area (Å²) >= 11 is 0. The normalized spacial score (nSPS) is 22.1. The molecular formula is C16H17NO3. The third kappa shape index (κ3) is 2.65. The Hall–Kier alpha value is -1.94. The predicted molar refractivity (Wildman–Crippen MR) is 75.6 cm³/mol. The van der Waals surface area contributed by atoms with E-state index in [-0.39, 0.29) is 18.2 Å². The largest absolute Gasteiger partial charge is 0.459 e. The van der Waals surface area contributed by atoms with Crippen LogP contribution in [0.4, 0.5) is 0 Å². The molecule has 1 aromatic carbocycles. The summed E-state index contributed by atoms with van der Waals surface area (Å²) in [6.07, 6.45) is 3.99. The molecule has 0 N–H and O–H groups in total. The Bertz CT molecular complexity index is 621. The summed E-state index contributed by atoms with van der Waals surface area (Å²) in [4.78, 5) is 16.4. The third-order valence-electron chi connectivity index (χ3n) is 3.59. The lowest BCUT2D eigenvalue weighted by atomic mass is 10.1. The number of rotatable bonds is 3. The summed E-state index contributed by atoms with van der Waals surface area (Å²) in [5.41, 5.74) is 1.36. The standard InChI is InChI=1S/C16H17NO3/c1-11-7-8-12(20-11)10-19-16(18)14-4-2-6-15-13(14)5-3-9-17-15/h2-6,9,11-12H,7-8,10H2,1H3/t11-,12-/m0/s1. The van der Waals surface area contributed by atoms with Gasteiger partial charge in [-0.2, -0.15) is 0 Å². The van der Waals surface area contributed by atoms with E-state index in [1.165, 1.54) is 0 Å². The molecule has 0 radical (unpaired) electrons. The van der Waals surface area contributed by atoms with E-state index in [0.717, 1.165) is 23.7 Å².